The van der Waals surface area contributed by atoms with Crippen molar-refractivity contribution in [3.8, 4) is 0 Å². The molecular formula is C60H115NO5. The summed E-state index contributed by atoms with van der Waals surface area (Å²) in [5, 5.41) is 23.9. The Morgan fingerprint density at radius 2 is 0.758 bits per heavy atom. The van der Waals surface area contributed by atoms with Gasteiger partial charge in [0, 0.05) is 6.42 Å². The molecule has 66 heavy (non-hydrogen) atoms. The molecule has 0 aromatic heterocycles. The third kappa shape index (κ3) is 48.8. The maximum atomic E-state index is 13.3. The van der Waals surface area contributed by atoms with Crippen LogP contribution in [0.2, 0.25) is 0 Å². The molecule has 0 radical (unpaired) electrons. The number of esters is 1. The molecule has 0 saturated heterocycles. The van der Waals surface area contributed by atoms with Crippen LogP contribution in [0, 0.1) is 0 Å². The van der Waals surface area contributed by atoms with Crippen LogP contribution in [0.25, 0.3) is 0 Å². The van der Waals surface area contributed by atoms with E-state index in [-0.39, 0.29) is 24.9 Å². The summed E-state index contributed by atoms with van der Waals surface area (Å²) in [6, 6.07) is -0.703. The highest BCUT2D eigenvalue weighted by molar-refractivity contribution is 5.77. The fourth-order valence-electron chi connectivity index (χ4n) is 9.31. The molecular weight excluding hydrogens is 815 g/mol. The van der Waals surface area contributed by atoms with Gasteiger partial charge in [-0.3, -0.25) is 9.59 Å². The molecule has 390 valence electrons. The van der Waals surface area contributed by atoms with Gasteiger partial charge in [-0.1, -0.05) is 283 Å². The first-order valence-electron chi connectivity index (χ1n) is 29.6. The Kier molecular flexibility index (Phi) is 52.9. The average molecular weight is 931 g/mol. The largest absolute Gasteiger partial charge is 0.462 e. The molecule has 3 unspecified atom stereocenters. The minimum atomic E-state index is -0.789. The lowest BCUT2D eigenvalue weighted by Crippen LogP contribution is -2.46. The van der Waals surface area contributed by atoms with E-state index in [1.54, 1.807) is 0 Å². The lowest BCUT2D eigenvalue weighted by Gasteiger charge is -2.24. The molecule has 3 atom stereocenters. The Bertz CT molecular complexity index is 1040. The summed E-state index contributed by atoms with van der Waals surface area (Å²) in [4.78, 5) is 26.3. The smallest absolute Gasteiger partial charge is 0.306 e. The van der Waals surface area contributed by atoms with Crippen LogP contribution in [-0.2, 0) is 14.3 Å². The summed E-state index contributed by atoms with van der Waals surface area (Å²) >= 11 is 0. The van der Waals surface area contributed by atoms with E-state index in [2.05, 4.69) is 50.4 Å². The van der Waals surface area contributed by atoms with Crippen molar-refractivity contribution in [1.29, 1.82) is 0 Å². The van der Waals surface area contributed by atoms with Gasteiger partial charge in [0.25, 0.3) is 0 Å². The maximum Gasteiger partial charge on any atom is 0.306 e. The number of aliphatic hydroxyl groups excluding tert-OH is 2. The van der Waals surface area contributed by atoms with Gasteiger partial charge in [-0.05, 0) is 51.4 Å². The Morgan fingerprint density at radius 1 is 0.439 bits per heavy atom. The van der Waals surface area contributed by atoms with Crippen molar-refractivity contribution in [1.82, 2.24) is 5.32 Å². The van der Waals surface area contributed by atoms with Gasteiger partial charge >= 0.3 is 5.97 Å². The quantitative estimate of drug-likeness (QED) is 0.0321. The topological polar surface area (TPSA) is 95.9 Å². The van der Waals surface area contributed by atoms with Crippen molar-refractivity contribution in [3.63, 3.8) is 0 Å². The zero-order chi connectivity index (χ0) is 48.1. The van der Waals surface area contributed by atoms with Crippen LogP contribution in [0.4, 0.5) is 0 Å². The molecule has 0 aliphatic heterocycles. The van der Waals surface area contributed by atoms with Crippen molar-refractivity contribution in [2.75, 3.05) is 6.61 Å². The lowest BCUT2D eigenvalue weighted by atomic mass is 10.0. The van der Waals surface area contributed by atoms with E-state index < -0.39 is 18.2 Å². The number of aliphatic hydroxyl groups is 2. The van der Waals surface area contributed by atoms with Crippen molar-refractivity contribution in [2.24, 2.45) is 0 Å². The Balaban J connectivity index is 4.54. The van der Waals surface area contributed by atoms with Crippen molar-refractivity contribution >= 4 is 11.9 Å². The van der Waals surface area contributed by atoms with Crippen molar-refractivity contribution in [3.05, 3.63) is 24.3 Å². The number of carbonyl (C=O) groups excluding carboxylic acids is 2. The van der Waals surface area contributed by atoms with Gasteiger partial charge in [0.2, 0.25) is 5.91 Å². The molecule has 6 nitrogen and oxygen atoms in total. The van der Waals surface area contributed by atoms with Crippen LogP contribution in [0.5, 0.6) is 0 Å². The average Bonchev–Trinajstić information content (AvgIpc) is 3.31. The molecule has 0 aromatic carbocycles. The molecule has 0 spiro atoms. The number of ether oxygens (including phenoxy) is 1. The third-order valence-electron chi connectivity index (χ3n) is 13.8. The standard InChI is InChI=1S/C60H115NO5/c1-4-7-10-13-16-19-22-25-28-31-34-37-40-43-46-49-52-58(63)57(55-62)61-59(64)54-56(51-48-45-42-39-36-33-30-27-24-21-18-15-12-9-6-3)66-60(65)53-50-47-44-41-38-35-32-29-26-23-20-17-14-11-8-5-2/h29,32,35,38,56-58,62-63H,4-28,30-31,33-34,36-37,39-55H2,1-3H3,(H,61,64)/b32-29+,38-35+. The Morgan fingerprint density at radius 3 is 1.12 bits per heavy atom. The normalized spacial score (nSPS) is 13.2. The van der Waals surface area contributed by atoms with Crippen LogP contribution >= 0.6 is 0 Å². The molecule has 0 aliphatic carbocycles. The predicted octanol–water partition coefficient (Wildman–Crippen LogP) is 18.2. The Hall–Kier alpha value is -1.66. The van der Waals surface area contributed by atoms with Gasteiger partial charge < -0.3 is 20.3 Å². The van der Waals surface area contributed by atoms with Gasteiger partial charge in [-0.25, -0.2) is 0 Å². The highest BCUT2D eigenvalue weighted by Crippen LogP contribution is 2.19. The number of allylic oxidation sites excluding steroid dienone is 4. The first-order chi connectivity index (χ1) is 32.5. The van der Waals surface area contributed by atoms with Crippen LogP contribution in [-0.4, -0.2) is 46.9 Å². The van der Waals surface area contributed by atoms with Crippen LogP contribution in [0.3, 0.4) is 0 Å². The van der Waals surface area contributed by atoms with E-state index in [1.165, 1.54) is 218 Å². The maximum absolute atomic E-state index is 13.3. The predicted molar refractivity (Wildman–Crippen MR) is 287 cm³/mol. The highest BCUT2D eigenvalue weighted by Gasteiger charge is 2.24. The fraction of sp³-hybridized carbons (Fsp3) is 0.900. The lowest BCUT2D eigenvalue weighted by molar-refractivity contribution is -0.151. The van der Waals surface area contributed by atoms with E-state index in [9.17, 15) is 19.8 Å². The molecule has 0 aliphatic rings. The summed E-state index contributed by atoms with van der Waals surface area (Å²) < 4.78 is 5.96. The molecule has 0 saturated carbocycles. The number of hydrogen-bond donors (Lipinski definition) is 3. The second-order valence-corrected chi connectivity index (χ2v) is 20.4. The molecule has 6 heteroatoms. The third-order valence-corrected chi connectivity index (χ3v) is 13.8. The zero-order valence-corrected chi connectivity index (χ0v) is 44.6. The van der Waals surface area contributed by atoms with Gasteiger partial charge in [0.05, 0.1) is 25.2 Å². The van der Waals surface area contributed by atoms with Gasteiger partial charge in [0.1, 0.15) is 6.10 Å². The summed E-state index contributed by atoms with van der Waals surface area (Å²) in [5.41, 5.74) is 0. The number of unbranched alkanes of at least 4 members (excludes halogenated alkanes) is 39. The monoisotopic (exact) mass is 930 g/mol. The van der Waals surface area contributed by atoms with Crippen LogP contribution < -0.4 is 5.32 Å². The molecule has 0 rings (SSSR count). The van der Waals surface area contributed by atoms with E-state index in [4.69, 9.17) is 4.74 Å². The zero-order valence-electron chi connectivity index (χ0n) is 44.6. The summed E-state index contributed by atoms with van der Waals surface area (Å²) in [6.07, 6.45) is 63.9. The van der Waals surface area contributed by atoms with E-state index in [0.717, 1.165) is 57.8 Å². The van der Waals surface area contributed by atoms with E-state index in [0.29, 0.717) is 19.3 Å². The number of amides is 1. The van der Waals surface area contributed by atoms with Gasteiger partial charge in [-0.2, -0.15) is 0 Å². The minimum Gasteiger partial charge on any atom is -0.462 e. The summed E-state index contributed by atoms with van der Waals surface area (Å²) in [7, 11) is 0. The highest BCUT2D eigenvalue weighted by atomic mass is 16.5. The van der Waals surface area contributed by atoms with Crippen LogP contribution in [0.1, 0.15) is 323 Å². The van der Waals surface area contributed by atoms with Crippen molar-refractivity contribution in [2.45, 2.75) is 341 Å². The number of hydrogen-bond acceptors (Lipinski definition) is 5. The number of rotatable bonds is 54. The molecule has 1 amide bonds. The number of nitrogens with one attached hydrogen (secondary N) is 1. The van der Waals surface area contributed by atoms with E-state index in [1.807, 2.05) is 0 Å². The Labute approximate surface area is 411 Å². The summed E-state index contributed by atoms with van der Waals surface area (Å²) in [5.74, 6) is -0.484. The molecule has 3 N–H and O–H groups in total. The molecule has 0 aromatic rings. The van der Waals surface area contributed by atoms with Crippen LogP contribution in [0.15, 0.2) is 24.3 Å². The first kappa shape index (κ1) is 64.3. The minimum absolute atomic E-state index is 0.0733. The van der Waals surface area contributed by atoms with Crippen molar-refractivity contribution < 1.29 is 24.5 Å². The number of carbonyl (C=O) groups is 2. The molecule has 0 fully saturated rings. The second-order valence-electron chi connectivity index (χ2n) is 20.4. The summed E-state index contributed by atoms with van der Waals surface area (Å²) in [6.45, 7) is 6.52. The van der Waals surface area contributed by atoms with Gasteiger partial charge in [0.15, 0.2) is 0 Å². The van der Waals surface area contributed by atoms with Gasteiger partial charge in [-0.15, -0.1) is 0 Å². The molecule has 0 bridgehead atoms. The SMILES string of the molecule is CCCCCCCCC/C=C/C=C/CCCCCC(=O)OC(CCCCCCCCCCCCCCCCC)CC(=O)NC(CO)C(O)CCCCCCCCCCCCCCCCCC. The van der Waals surface area contributed by atoms with E-state index >= 15 is 0 Å². The fourth-order valence-corrected chi connectivity index (χ4v) is 9.31. The second kappa shape index (κ2) is 54.3. The molecule has 0 heterocycles. The first-order valence-corrected chi connectivity index (χ1v) is 29.6.